The summed E-state index contributed by atoms with van der Waals surface area (Å²) < 4.78 is 7.16. The molecule has 3 heteroatoms. The molecule has 2 aromatic rings. The Hall–Kier alpha value is -1.77. The zero-order valence-corrected chi connectivity index (χ0v) is 10.8. The van der Waals surface area contributed by atoms with Gasteiger partial charge in [0.25, 0.3) is 0 Å². The van der Waals surface area contributed by atoms with Crippen molar-refractivity contribution in [3.63, 3.8) is 0 Å². The molecule has 0 aliphatic heterocycles. The predicted molar refractivity (Wildman–Crippen MR) is 69.3 cm³/mol. The van der Waals surface area contributed by atoms with E-state index in [0.717, 1.165) is 16.9 Å². The molecule has 0 amide bonds. The summed E-state index contributed by atoms with van der Waals surface area (Å²) in [5, 5.41) is 4.20. The zero-order chi connectivity index (χ0) is 12.4. The minimum Gasteiger partial charge on any atom is -0.497 e. The molecule has 0 aliphatic carbocycles. The summed E-state index contributed by atoms with van der Waals surface area (Å²) in [7, 11) is 3.62. The Morgan fingerprint density at radius 1 is 1.18 bits per heavy atom. The minimum absolute atomic E-state index is 0.487. The van der Waals surface area contributed by atoms with E-state index in [4.69, 9.17) is 4.74 Å². The van der Waals surface area contributed by atoms with Crippen LogP contribution >= 0.6 is 0 Å². The van der Waals surface area contributed by atoms with Crippen LogP contribution in [0.5, 0.6) is 5.75 Å². The van der Waals surface area contributed by atoms with Gasteiger partial charge in [0.05, 0.1) is 13.3 Å². The van der Waals surface area contributed by atoms with Gasteiger partial charge in [0.1, 0.15) is 5.75 Å². The van der Waals surface area contributed by atoms with E-state index in [9.17, 15) is 0 Å². The fourth-order valence-corrected chi connectivity index (χ4v) is 1.81. The maximum atomic E-state index is 5.35. The molecule has 0 fully saturated rings. The monoisotopic (exact) mass is 230 g/mol. The zero-order valence-electron chi connectivity index (χ0n) is 10.8. The number of methoxy groups -OCH3 is 1. The van der Waals surface area contributed by atoms with Crippen molar-refractivity contribution in [3.05, 3.63) is 36.2 Å². The van der Waals surface area contributed by atoms with Crippen LogP contribution in [-0.2, 0) is 7.05 Å². The number of hydrogen-bond donors (Lipinski definition) is 0. The van der Waals surface area contributed by atoms with E-state index < -0.39 is 0 Å². The van der Waals surface area contributed by atoms with Crippen LogP contribution in [0.1, 0.15) is 25.3 Å². The molecule has 0 unspecified atom stereocenters. The second-order valence-electron chi connectivity index (χ2n) is 4.55. The van der Waals surface area contributed by atoms with E-state index in [1.54, 1.807) is 7.11 Å². The standard InChI is InChI=1S/C14H18N2O/c1-10(2)11-5-12(7-14(6-11)17-4)13-8-15-16(3)9-13/h5-10H,1-4H3. The highest BCUT2D eigenvalue weighted by Gasteiger charge is 2.07. The highest BCUT2D eigenvalue weighted by molar-refractivity contribution is 5.65. The Morgan fingerprint density at radius 3 is 2.47 bits per heavy atom. The molecule has 90 valence electrons. The third kappa shape index (κ3) is 2.49. The molecular formula is C14H18N2O. The molecule has 0 spiro atoms. The van der Waals surface area contributed by atoms with Gasteiger partial charge in [0.2, 0.25) is 0 Å². The lowest BCUT2D eigenvalue weighted by Gasteiger charge is -2.10. The molecule has 0 N–H and O–H groups in total. The first-order chi connectivity index (χ1) is 8.10. The van der Waals surface area contributed by atoms with Crippen molar-refractivity contribution in [2.45, 2.75) is 19.8 Å². The molecule has 1 aromatic carbocycles. The van der Waals surface area contributed by atoms with Crippen molar-refractivity contribution >= 4 is 0 Å². The fraction of sp³-hybridized carbons (Fsp3) is 0.357. The summed E-state index contributed by atoms with van der Waals surface area (Å²) in [5.74, 6) is 1.38. The van der Waals surface area contributed by atoms with Crippen LogP contribution in [0.3, 0.4) is 0 Å². The molecule has 1 aromatic heterocycles. The molecule has 1 heterocycles. The quantitative estimate of drug-likeness (QED) is 0.809. The van der Waals surface area contributed by atoms with Crippen molar-refractivity contribution < 1.29 is 4.74 Å². The molecule has 0 atom stereocenters. The Balaban J connectivity index is 2.49. The van der Waals surface area contributed by atoms with E-state index in [-0.39, 0.29) is 0 Å². The maximum absolute atomic E-state index is 5.35. The topological polar surface area (TPSA) is 27.1 Å². The van der Waals surface area contributed by atoms with E-state index in [2.05, 4.69) is 31.1 Å². The van der Waals surface area contributed by atoms with E-state index in [1.807, 2.05) is 30.2 Å². The summed E-state index contributed by atoms with van der Waals surface area (Å²) in [6.45, 7) is 4.36. The van der Waals surface area contributed by atoms with Crippen LogP contribution in [0.25, 0.3) is 11.1 Å². The smallest absolute Gasteiger partial charge is 0.119 e. The van der Waals surface area contributed by atoms with Crippen LogP contribution in [0.2, 0.25) is 0 Å². The summed E-state index contributed by atoms with van der Waals surface area (Å²) in [6.07, 6.45) is 3.89. The normalized spacial score (nSPS) is 10.9. The van der Waals surface area contributed by atoms with Gasteiger partial charge in [0, 0.05) is 18.8 Å². The third-order valence-electron chi connectivity index (χ3n) is 2.87. The number of nitrogens with zero attached hydrogens (tertiary/aromatic N) is 2. The van der Waals surface area contributed by atoms with Gasteiger partial charge in [-0.25, -0.2) is 0 Å². The first-order valence-electron chi connectivity index (χ1n) is 5.78. The number of ether oxygens (including phenoxy) is 1. The number of hydrogen-bond acceptors (Lipinski definition) is 2. The average molecular weight is 230 g/mol. The maximum Gasteiger partial charge on any atom is 0.119 e. The second-order valence-corrected chi connectivity index (χ2v) is 4.55. The van der Waals surface area contributed by atoms with E-state index >= 15 is 0 Å². The SMILES string of the molecule is COc1cc(-c2cnn(C)c2)cc(C(C)C)c1. The van der Waals surface area contributed by atoms with Crippen LogP contribution in [0.4, 0.5) is 0 Å². The largest absolute Gasteiger partial charge is 0.497 e. The van der Waals surface area contributed by atoms with Gasteiger partial charge < -0.3 is 4.74 Å². The highest BCUT2D eigenvalue weighted by atomic mass is 16.5. The van der Waals surface area contributed by atoms with Gasteiger partial charge in [-0.05, 0) is 29.2 Å². The molecule has 0 aliphatic rings. The van der Waals surface area contributed by atoms with Gasteiger partial charge >= 0.3 is 0 Å². The first kappa shape index (κ1) is 11.7. The second kappa shape index (κ2) is 4.62. The Bertz CT molecular complexity index is 515. The number of benzene rings is 1. The van der Waals surface area contributed by atoms with Crippen LogP contribution < -0.4 is 4.74 Å². The van der Waals surface area contributed by atoms with Crippen molar-refractivity contribution in [1.29, 1.82) is 0 Å². The molecule has 0 saturated heterocycles. The van der Waals surface area contributed by atoms with Gasteiger partial charge in [0.15, 0.2) is 0 Å². The lowest BCUT2D eigenvalue weighted by Crippen LogP contribution is -1.91. The van der Waals surface area contributed by atoms with E-state index in [0.29, 0.717) is 5.92 Å². The van der Waals surface area contributed by atoms with Crippen molar-refractivity contribution in [1.82, 2.24) is 9.78 Å². The summed E-state index contributed by atoms with van der Waals surface area (Å²) >= 11 is 0. The molecule has 3 nitrogen and oxygen atoms in total. The lowest BCUT2D eigenvalue weighted by molar-refractivity contribution is 0.414. The number of rotatable bonds is 3. The average Bonchev–Trinajstić information content (AvgIpc) is 2.75. The molecule has 0 saturated carbocycles. The summed E-state index contributed by atoms with van der Waals surface area (Å²) in [6, 6.07) is 6.33. The third-order valence-corrected chi connectivity index (χ3v) is 2.87. The van der Waals surface area contributed by atoms with Crippen molar-refractivity contribution in [3.8, 4) is 16.9 Å². The number of aryl methyl sites for hydroxylation is 1. The Kier molecular flexibility index (Phi) is 3.18. The van der Waals surface area contributed by atoms with Crippen molar-refractivity contribution in [2.24, 2.45) is 7.05 Å². The minimum atomic E-state index is 0.487. The van der Waals surface area contributed by atoms with Crippen LogP contribution in [0, 0.1) is 0 Å². The molecule has 2 rings (SSSR count). The van der Waals surface area contributed by atoms with Crippen LogP contribution in [0.15, 0.2) is 30.6 Å². The van der Waals surface area contributed by atoms with Gasteiger partial charge in [-0.1, -0.05) is 19.9 Å². The van der Waals surface area contributed by atoms with Crippen LogP contribution in [-0.4, -0.2) is 16.9 Å². The van der Waals surface area contributed by atoms with E-state index in [1.165, 1.54) is 5.56 Å². The first-order valence-corrected chi connectivity index (χ1v) is 5.78. The van der Waals surface area contributed by atoms with Crippen molar-refractivity contribution in [2.75, 3.05) is 7.11 Å². The molecule has 0 bridgehead atoms. The summed E-state index contributed by atoms with van der Waals surface area (Å²) in [5.41, 5.74) is 3.55. The highest BCUT2D eigenvalue weighted by Crippen LogP contribution is 2.28. The van der Waals surface area contributed by atoms with Gasteiger partial charge in [-0.15, -0.1) is 0 Å². The predicted octanol–water partition coefficient (Wildman–Crippen LogP) is 3.22. The lowest BCUT2D eigenvalue weighted by atomic mass is 9.98. The molecule has 17 heavy (non-hydrogen) atoms. The Morgan fingerprint density at radius 2 is 1.94 bits per heavy atom. The fourth-order valence-electron chi connectivity index (χ4n) is 1.81. The summed E-state index contributed by atoms with van der Waals surface area (Å²) in [4.78, 5) is 0. The molecular weight excluding hydrogens is 212 g/mol. The van der Waals surface area contributed by atoms with Gasteiger partial charge in [-0.3, -0.25) is 4.68 Å². The molecule has 0 radical (unpaired) electrons. The number of aromatic nitrogens is 2. The Labute approximate surface area is 102 Å². The van der Waals surface area contributed by atoms with Gasteiger partial charge in [-0.2, -0.15) is 5.10 Å².